The quantitative estimate of drug-likeness (QED) is 0.0514. The minimum absolute atomic E-state index is 0.0666. The number of ether oxygens (including phenoxy) is 8. The van der Waals surface area contributed by atoms with Gasteiger partial charge in [0.2, 0.25) is 11.5 Å². The summed E-state index contributed by atoms with van der Waals surface area (Å²) in [6, 6.07) is 2.97. The lowest BCUT2D eigenvalue weighted by atomic mass is 9.85. The van der Waals surface area contributed by atoms with Gasteiger partial charge in [-0.15, -0.1) is 0 Å². The van der Waals surface area contributed by atoms with E-state index in [1.165, 1.54) is 59.0 Å². The molecule has 9 atom stereocenters. The van der Waals surface area contributed by atoms with Gasteiger partial charge in [-0.25, -0.2) is 0 Å². The normalized spacial score (nSPS) is 16.0. The molecule has 14 heteroatoms. The summed E-state index contributed by atoms with van der Waals surface area (Å²) < 4.78 is 56.7. The Morgan fingerprint density at radius 3 is 1.31 bits per heavy atom. The van der Waals surface area contributed by atoms with E-state index < -0.39 is 0 Å². The summed E-state index contributed by atoms with van der Waals surface area (Å²) in [6.07, 6.45) is 23.0. The Kier molecular flexibility index (Phi) is 26.5. The second-order valence-corrected chi connectivity index (χ2v) is 19.5. The Balaban J connectivity index is 0.000000395. The summed E-state index contributed by atoms with van der Waals surface area (Å²) in [6.45, 7) is 20.4. The van der Waals surface area contributed by atoms with Crippen molar-refractivity contribution in [1.82, 2.24) is 0 Å². The van der Waals surface area contributed by atoms with Gasteiger partial charge in [-0.05, 0) is 64.7 Å². The number of allylic oxidation sites excluding steroid dienone is 8. The van der Waals surface area contributed by atoms with Gasteiger partial charge < -0.3 is 56.9 Å². The molecule has 0 fully saturated rings. The van der Waals surface area contributed by atoms with Crippen molar-refractivity contribution in [2.24, 2.45) is 29.6 Å². The highest BCUT2D eigenvalue weighted by molar-refractivity contribution is 5.92. The number of phenols is 2. The van der Waals surface area contributed by atoms with Gasteiger partial charge in [0.25, 0.3) is 0 Å². The number of aromatic hydroxyl groups is 2. The van der Waals surface area contributed by atoms with Crippen molar-refractivity contribution >= 4 is 21.9 Å². The number of aryl methyl sites for hydroxylation is 2. The highest BCUT2D eigenvalue weighted by Crippen LogP contribution is 2.42. The fourth-order valence-electron chi connectivity index (χ4n) is 9.71. The van der Waals surface area contributed by atoms with Crippen molar-refractivity contribution in [3.05, 3.63) is 115 Å². The molecule has 0 aliphatic carbocycles. The molecule has 0 saturated heterocycles. The molecule has 0 amide bonds. The summed E-state index contributed by atoms with van der Waals surface area (Å²) in [5, 5.41) is 21.7. The Morgan fingerprint density at radius 2 is 0.960 bits per heavy atom. The fourth-order valence-corrected chi connectivity index (χ4v) is 9.71. The van der Waals surface area contributed by atoms with Gasteiger partial charge in [-0.2, -0.15) is 0 Å². The van der Waals surface area contributed by atoms with Crippen molar-refractivity contribution in [3.8, 4) is 34.5 Å². The molecular formula is C61H88O14. The van der Waals surface area contributed by atoms with Gasteiger partial charge >= 0.3 is 0 Å². The molecule has 2 N–H and O–H groups in total. The second-order valence-electron chi connectivity index (χ2n) is 19.5. The highest BCUT2D eigenvalue weighted by Gasteiger charge is 2.31. The SMILES string of the molecule is CC=C(C)/C=C/C=C/C(OC)C(C)C(OC)C(C)CCc1oc2c(O)c(OC)cc(OC)c2c(=O)c1C.CCCC(C)C=C/C=C/C(OC)C(C)C(OC)C(C)CCc1oc2c(O)c(OC)cc(OC)c2c(=O)c1C. The smallest absolute Gasteiger partial charge is 0.202 e. The van der Waals surface area contributed by atoms with Crippen LogP contribution in [-0.2, 0) is 31.8 Å². The minimum Gasteiger partial charge on any atom is -0.502 e. The molecule has 0 spiro atoms. The maximum atomic E-state index is 13.2. The summed E-state index contributed by atoms with van der Waals surface area (Å²) >= 11 is 0. The van der Waals surface area contributed by atoms with Crippen LogP contribution < -0.4 is 29.8 Å². The molecule has 2 aromatic heterocycles. The number of fused-ring (bicyclic) bond motifs is 2. The first-order chi connectivity index (χ1) is 35.8. The Hall–Kier alpha value is -5.80. The Morgan fingerprint density at radius 1 is 0.573 bits per heavy atom. The predicted molar refractivity (Wildman–Crippen MR) is 301 cm³/mol. The Labute approximate surface area is 446 Å². The molecular weight excluding hydrogens is 957 g/mol. The third-order valence-electron chi connectivity index (χ3n) is 14.4. The molecule has 14 nitrogen and oxygen atoms in total. The second kappa shape index (κ2) is 31.3. The Bertz CT molecular complexity index is 2700. The van der Waals surface area contributed by atoms with Crippen molar-refractivity contribution in [2.75, 3.05) is 56.9 Å². The van der Waals surface area contributed by atoms with Crippen LogP contribution in [0.15, 0.2) is 90.8 Å². The van der Waals surface area contributed by atoms with Crippen molar-refractivity contribution in [2.45, 2.75) is 132 Å². The van der Waals surface area contributed by atoms with Crippen molar-refractivity contribution in [3.63, 3.8) is 0 Å². The molecule has 0 saturated carbocycles. The van der Waals surface area contributed by atoms with E-state index in [-0.39, 0.29) is 104 Å². The number of rotatable bonds is 28. The third-order valence-corrected chi connectivity index (χ3v) is 14.4. The van der Waals surface area contributed by atoms with Crippen LogP contribution in [0, 0.1) is 43.4 Å². The monoisotopic (exact) mass is 1040 g/mol. The number of phenolic OH excluding ortho intramolecular Hbond substituents is 2. The number of benzene rings is 2. The molecule has 416 valence electrons. The van der Waals surface area contributed by atoms with Gasteiger partial charge in [-0.3, -0.25) is 9.59 Å². The van der Waals surface area contributed by atoms with Crippen LogP contribution in [-0.4, -0.2) is 91.5 Å². The van der Waals surface area contributed by atoms with Gasteiger partial charge in [0.1, 0.15) is 33.8 Å². The molecule has 2 heterocycles. The minimum atomic E-state index is -0.235. The maximum absolute atomic E-state index is 13.2. The van der Waals surface area contributed by atoms with E-state index in [9.17, 15) is 19.8 Å². The van der Waals surface area contributed by atoms with Gasteiger partial charge in [0.05, 0.1) is 52.9 Å². The van der Waals surface area contributed by atoms with Crippen LogP contribution >= 0.6 is 0 Å². The number of hydrogen-bond acceptors (Lipinski definition) is 14. The number of hydrogen-bond donors (Lipinski definition) is 2. The van der Waals surface area contributed by atoms with Crippen molar-refractivity contribution < 1.29 is 56.9 Å². The van der Waals surface area contributed by atoms with E-state index in [1.807, 2.05) is 31.2 Å². The molecule has 0 aliphatic rings. The average Bonchev–Trinajstić information content (AvgIpc) is 3.40. The molecule has 75 heavy (non-hydrogen) atoms. The standard InChI is InChI=1S/C31H46O7.C30H42O7/c1-10-13-19(2)14-11-12-15-23(34-6)22(5)30(37-9)20(3)16-17-24-21(4)28(32)27-25(35-7)18-26(36-8)29(33)31(27)38-24;1-10-18(2)13-11-12-14-22(33-6)21(5)29(36-9)19(3)15-16-23-20(4)27(31)26-24(34-7)17-25(35-8)28(32)30(26)37-23/h11-12,14-15,18-20,22-23,30,33H,10,13,16-17H2,1-9H3;10-14,17,19,21-22,29,32H,15-16H2,1-9H3/b14-11?,15-12+;13-11+,14-12+,18-10?. The highest BCUT2D eigenvalue weighted by atomic mass is 16.5. The summed E-state index contributed by atoms with van der Waals surface area (Å²) in [5.74, 6) is 2.58. The summed E-state index contributed by atoms with van der Waals surface area (Å²) in [5.41, 5.74) is 1.85. The van der Waals surface area contributed by atoms with Crippen LogP contribution in [0.1, 0.15) is 104 Å². The molecule has 4 aromatic rings. The first-order valence-electron chi connectivity index (χ1n) is 26.0. The van der Waals surface area contributed by atoms with E-state index in [2.05, 4.69) is 78.8 Å². The van der Waals surface area contributed by atoms with Gasteiger partial charge in [0, 0.05) is 76.4 Å². The van der Waals surface area contributed by atoms with E-state index in [0.717, 1.165) is 0 Å². The van der Waals surface area contributed by atoms with Crippen LogP contribution in [0.5, 0.6) is 34.5 Å². The third kappa shape index (κ3) is 16.4. The average molecular weight is 1050 g/mol. The summed E-state index contributed by atoms with van der Waals surface area (Å²) in [7, 11) is 12.6. The van der Waals surface area contributed by atoms with Crippen LogP contribution in [0.25, 0.3) is 21.9 Å². The van der Waals surface area contributed by atoms with Gasteiger partial charge in [-0.1, -0.05) is 108 Å². The van der Waals surface area contributed by atoms with E-state index in [0.29, 0.717) is 65.7 Å². The number of methoxy groups -OCH3 is 8. The topological polar surface area (TPSA) is 175 Å². The van der Waals surface area contributed by atoms with Crippen LogP contribution in [0.3, 0.4) is 0 Å². The maximum Gasteiger partial charge on any atom is 0.202 e. The van der Waals surface area contributed by atoms with Crippen molar-refractivity contribution in [1.29, 1.82) is 0 Å². The van der Waals surface area contributed by atoms with E-state index >= 15 is 0 Å². The molecule has 0 bridgehead atoms. The lowest BCUT2D eigenvalue weighted by Gasteiger charge is -2.32. The summed E-state index contributed by atoms with van der Waals surface area (Å²) in [4.78, 5) is 26.4. The first kappa shape index (κ1) is 63.5. The lowest BCUT2D eigenvalue weighted by Crippen LogP contribution is -2.36. The molecule has 4 rings (SSSR count). The van der Waals surface area contributed by atoms with E-state index in [1.54, 1.807) is 42.3 Å². The zero-order valence-electron chi connectivity index (χ0n) is 48.1. The zero-order chi connectivity index (χ0) is 56.1. The molecule has 9 unspecified atom stereocenters. The predicted octanol–water partition coefficient (Wildman–Crippen LogP) is 12.7. The molecule has 0 radical (unpaired) electrons. The van der Waals surface area contributed by atoms with Crippen LogP contribution in [0.2, 0.25) is 0 Å². The first-order valence-corrected chi connectivity index (χ1v) is 26.0. The largest absolute Gasteiger partial charge is 0.502 e. The van der Waals surface area contributed by atoms with Gasteiger partial charge in [0.15, 0.2) is 33.5 Å². The molecule has 0 aliphatic heterocycles. The lowest BCUT2D eigenvalue weighted by molar-refractivity contribution is -0.0344. The van der Waals surface area contributed by atoms with E-state index in [4.69, 9.17) is 46.7 Å². The van der Waals surface area contributed by atoms with Crippen LogP contribution in [0.4, 0.5) is 0 Å². The zero-order valence-corrected chi connectivity index (χ0v) is 48.1. The fraction of sp³-hybridized carbons (Fsp3) is 0.541. The molecule has 2 aromatic carbocycles.